The zero-order valence-electron chi connectivity index (χ0n) is 15.9. The third kappa shape index (κ3) is 3.22. The van der Waals surface area contributed by atoms with Crippen molar-refractivity contribution in [2.45, 2.75) is 27.2 Å². The van der Waals surface area contributed by atoms with Crippen molar-refractivity contribution in [3.8, 4) is 0 Å². The van der Waals surface area contributed by atoms with Gasteiger partial charge >= 0.3 is 0 Å². The molecule has 8 heteroatoms. The highest BCUT2D eigenvalue weighted by Gasteiger charge is 2.24. The molecule has 0 bridgehead atoms. The van der Waals surface area contributed by atoms with Crippen LogP contribution in [0.15, 0.2) is 24.9 Å². The van der Waals surface area contributed by atoms with Crippen LogP contribution in [0.2, 0.25) is 0 Å². The number of rotatable bonds is 2. The second-order valence-electron chi connectivity index (χ2n) is 7.00. The lowest BCUT2D eigenvalue weighted by Crippen LogP contribution is -2.35. The number of aromatic nitrogens is 5. The van der Waals surface area contributed by atoms with Crippen molar-refractivity contribution < 1.29 is 4.79 Å². The molecule has 27 heavy (non-hydrogen) atoms. The third-order valence-corrected chi connectivity index (χ3v) is 5.11. The lowest BCUT2D eigenvalue weighted by atomic mass is 10.2. The summed E-state index contributed by atoms with van der Waals surface area (Å²) in [5.74, 6) is 0.948. The molecule has 0 atom stereocenters. The molecule has 0 N–H and O–H groups in total. The van der Waals surface area contributed by atoms with Gasteiger partial charge in [0.15, 0.2) is 5.65 Å². The Bertz CT molecular complexity index is 997. The lowest BCUT2D eigenvalue weighted by Gasteiger charge is -2.24. The number of aryl methyl sites for hydroxylation is 2. The first kappa shape index (κ1) is 17.4. The molecule has 3 aromatic heterocycles. The van der Waals surface area contributed by atoms with E-state index in [1.54, 1.807) is 23.2 Å². The normalized spacial score (nSPS) is 15.2. The molecule has 0 saturated carbocycles. The summed E-state index contributed by atoms with van der Waals surface area (Å²) in [5, 5.41) is 4.28. The molecular weight excluding hydrogens is 342 g/mol. The summed E-state index contributed by atoms with van der Waals surface area (Å²) in [6, 6.07) is 0. The minimum atomic E-state index is -0.0150. The molecule has 0 unspecified atom stereocenters. The van der Waals surface area contributed by atoms with Gasteiger partial charge in [-0.1, -0.05) is 0 Å². The second-order valence-corrected chi connectivity index (χ2v) is 7.00. The van der Waals surface area contributed by atoms with Gasteiger partial charge < -0.3 is 9.80 Å². The number of nitrogens with zero attached hydrogens (tertiary/aromatic N) is 7. The highest BCUT2D eigenvalue weighted by molar-refractivity contribution is 5.99. The zero-order valence-corrected chi connectivity index (χ0v) is 15.9. The average Bonchev–Trinajstić information content (AvgIpc) is 2.91. The molecule has 4 heterocycles. The maximum Gasteiger partial charge on any atom is 0.259 e. The minimum Gasteiger partial charge on any atom is -0.354 e. The van der Waals surface area contributed by atoms with Crippen molar-refractivity contribution in [3.63, 3.8) is 0 Å². The van der Waals surface area contributed by atoms with Gasteiger partial charge in [0.1, 0.15) is 17.7 Å². The molecule has 1 aliphatic rings. The molecule has 0 aromatic carbocycles. The van der Waals surface area contributed by atoms with E-state index < -0.39 is 0 Å². The summed E-state index contributed by atoms with van der Waals surface area (Å²) in [7, 11) is 0. The van der Waals surface area contributed by atoms with Gasteiger partial charge in [0.25, 0.3) is 5.91 Å². The zero-order chi connectivity index (χ0) is 19.0. The topological polar surface area (TPSA) is 79.5 Å². The Morgan fingerprint density at radius 2 is 1.85 bits per heavy atom. The van der Waals surface area contributed by atoms with Crippen LogP contribution in [0.25, 0.3) is 5.65 Å². The minimum absolute atomic E-state index is 0.0150. The van der Waals surface area contributed by atoms with Gasteiger partial charge in [-0.2, -0.15) is 5.10 Å². The van der Waals surface area contributed by atoms with Crippen LogP contribution in [0, 0.1) is 20.8 Å². The Morgan fingerprint density at radius 3 is 2.70 bits per heavy atom. The van der Waals surface area contributed by atoms with Gasteiger partial charge in [-0.3, -0.25) is 4.79 Å². The maximum absolute atomic E-state index is 13.1. The van der Waals surface area contributed by atoms with Crippen LogP contribution in [0.1, 0.15) is 33.6 Å². The van der Waals surface area contributed by atoms with Crippen LogP contribution >= 0.6 is 0 Å². The number of anilines is 1. The fraction of sp³-hybridized carbons (Fsp3) is 0.421. The van der Waals surface area contributed by atoms with Gasteiger partial charge in [-0.25, -0.2) is 19.5 Å². The number of carbonyl (C=O) groups is 1. The first-order valence-electron chi connectivity index (χ1n) is 9.17. The largest absolute Gasteiger partial charge is 0.354 e. The Balaban J connectivity index is 1.54. The van der Waals surface area contributed by atoms with Crippen LogP contribution in [0.3, 0.4) is 0 Å². The summed E-state index contributed by atoms with van der Waals surface area (Å²) in [6.45, 7) is 8.96. The number of fused-ring (bicyclic) bond motifs is 1. The number of amides is 1. The Kier molecular flexibility index (Phi) is 4.47. The highest BCUT2D eigenvalue weighted by atomic mass is 16.2. The average molecular weight is 365 g/mol. The van der Waals surface area contributed by atoms with E-state index in [2.05, 4.69) is 25.0 Å². The first-order chi connectivity index (χ1) is 13.0. The second kappa shape index (κ2) is 6.94. The molecule has 140 valence electrons. The van der Waals surface area contributed by atoms with E-state index in [0.29, 0.717) is 24.3 Å². The standard InChI is InChI=1S/C19H23N7O/c1-13-9-20-18-16(10-23-26(18)11-13)19(27)25-6-4-5-24(7-8-25)17-14(2)15(3)21-12-22-17/h9-12H,4-8H2,1-3H3. The van der Waals surface area contributed by atoms with Crippen molar-refractivity contribution >= 4 is 17.4 Å². The first-order valence-corrected chi connectivity index (χ1v) is 9.17. The summed E-state index contributed by atoms with van der Waals surface area (Å²) < 4.78 is 1.67. The smallest absolute Gasteiger partial charge is 0.259 e. The van der Waals surface area contributed by atoms with Gasteiger partial charge in [0.2, 0.25) is 0 Å². The van der Waals surface area contributed by atoms with Crippen molar-refractivity contribution in [2.24, 2.45) is 0 Å². The molecule has 1 amide bonds. The predicted octanol–water partition coefficient (Wildman–Crippen LogP) is 1.80. The Hall–Kier alpha value is -3.03. The summed E-state index contributed by atoms with van der Waals surface area (Å²) in [4.78, 5) is 30.3. The molecule has 4 rings (SSSR count). The molecule has 0 aliphatic carbocycles. The highest BCUT2D eigenvalue weighted by Crippen LogP contribution is 2.21. The van der Waals surface area contributed by atoms with E-state index in [9.17, 15) is 4.79 Å². The van der Waals surface area contributed by atoms with Crippen LogP contribution < -0.4 is 4.90 Å². The SMILES string of the molecule is Cc1cnc2c(C(=O)N3CCCN(c4ncnc(C)c4C)CC3)cnn2c1. The molecule has 3 aromatic rings. The van der Waals surface area contributed by atoms with Crippen molar-refractivity contribution in [1.29, 1.82) is 0 Å². The van der Waals surface area contributed by atoms with Gasteiger partial charge in [-0.05, 0) is 32.8 Å². The molecule has 0 radical (unpaired) electrons. The van der Waals surface area contributed by atoms with Gasteiger partial charge in [0, 0.05) is 49.8 Å². The van der Waals surface area contributed by atoms with E-state index >= 15 is 0 Å². The Morgan fingerprint density at radius 1 is 1.00 bits per heavy atom. The Labute approximate surface area is 157 Å². The number of hydrogen-bond acceptors (Lipinski definition) is 6. The van der Waals surface area contributed by atoms with Gasteiger partial charge in [-0.15, -0.1) is 0 Å². The van der Waals surface area contributed by atoms with Crippen LogP contribution in [-0.2, 0) is 0 Å². The molecular formula is C19H23N7O. The van der Waals surface area contributed by atoms with Crippen LogP contribution in [0.4, 0.5) is 5.82 Å². The molecule has 1 fully saturated rings. The lowest BCUT2D eigenvalue weighted by molar-refractivity contribution is 0.0768. The molecule has 1 saturated heterocycles. The fourth-order valence-electron chi connectivity index (χ4n) is 3.47. The number of carbonyl (C=O) groups excluding carboxylic acids is 1. The maximum atomic E-state index is 13.1. The third-order valence-electron chi connectivity index (χ3n) is 5.11. The van der Waals surface area contributed by atoms with E-state index in [1.165, 1.54) is 0 Å². The fourth-order valence-corrected chi connectivity index (χ4v) is 3.47. The quantitative estimate of drug-likeness (QED) is 0.689. The summed E-state index contributed by atoms with van der Waals surface area (Å²) in [5.41, 5.74) is 4.25. The molecule has 0 spiro atoms. The van der Waals surface area contributed by atoms with Crippen LogP contribution in [0.5, 0.6) is 0 Å². The van der Waals surface area contributed by atoms with Gasteiger partial charge in [0.05, 0.1) is 6.20 Å². The van der Waals surface area contributed by atoms with E-state index in [1.807, 2.05) is 31.9 Å². The monoisotopic (exact) mass is 365 g/mol. The van der Waals surface area contributed by atoms with Crippen molar-refractivity contribution in [2.75, 3.05) is 31.1 Å². The molecule has 8 nitrogen and oxygen atoms in total. The predicted molar refractivity (Wildman–Crippen MR) is 102 cm³/mol. The van der Waals surface area contributed by atoms with E-state index in [-0.39, 0.29) is 5.91 Å². The summed E-state index contributed by atoms with van der Waals surface area (Å²) in [6.07, 6.45) is 7.75. The molecule has 1 aliphatic heterocycles. The summed E-state index contributed by atoms with van der Waals surface area (Å²) >= 11 is 0. The van der Waals surface area contributed by atoms with Crippen molar-refractivity contribution in [1.82, 2.24) is 29.5 Å². The number of hydrogen-bond donors (Lipinski definition) is 0. The van der Waals surface area contributed by atoms with E-state index in [4.69, 9.17) is 0 Å². The van der Waals surface area contributed by atoms with E-state index in [0.717, 1.165) is 42.1 Å². The van der Waals surface area contributed by atoms with Crippen LogP contribution in [-0.4, -0.2) is 61.6 Å². The van der Waals surface area contributed by atoms with Crippen molar-refractivity contribution in [3.05, 3.63) is 47.3 Å².